The summed E-state index contributed by atoms with van der Waals surface area (Å²) >= 11 is 0. The molecule has 4 aromatic rings. The van der Waals surface area contributed by atoms with Gasteiger partial charge in [-0.25, -0.2) is 8.42 Å². The van der Waals surface area contributed by atoms with Crippen LogP contribution in [0.3, 0.4) is 0 Å². The van der Waals surface area contributed by atoms with Crippen molar-refractivity contribution in [3.05, 3.63) is 90.9 Å². The van der Waals surface area contributed by atoms with E-state index in [4.69, 9.17) is 0 Å². The summed E-state index contributed by atoms with van der Waals surface area (Å²) in [6, 6.07) is 21.6. The van der Waals surface area contributed by atoms with Gasteiger partial charge in [0.25, 0.3) is 0 Å². The van der Waals surface area contributed by atoms with Crippen LogP contribution in [-0.4, -0.2) is 36.0 Å². The lowest BCUT2D eigenvalue weighted by Crippen LogP contribution is -2.25. The van der Waals surface area contributed by atoms with Crippen molar-refractivity contribution < 1.29 is 8.42 Å². The lowest BCUT2D eigenvalue weighted by Gasteiger charge is -2.25. The quantitative estimate of drug-likeness (QED) is 0.452. The number of pyridine rings is 1. The second-order valence-electron chi connectivity index (χ2n) is 8.13. The molecule has 1 fully saturated rings. The van der Waals surface area contributed by atoms with E-state index in [1.54, 1.807) is 36.7 Å². The zero-order valence-electron chi connectivity index (χ0n) is 17.4. The van der Waals surface area contributed by atoms with Crippen LogP contribution in [0.1, 0.15) is 31.0 Å². The fourth-order valence-corrected chi connectivity index (χ4v) is 6.07. The molecule has 2 atom stereocenters. The Morgan fingerprint density at radius 2 is 1.71 bits per heavy atom. The summed E-state index contributed by atoms with van der Waals surface area (Å²) in [6.07, 6.45) is 6.20. The van der Waals surface area contributed by atoms with Gasteiger partial charge in [-0.1, -0.05) is 48.5 Å². The highest BCUT2D eigenvalue weighted by Crippen LogP contribution is 2.36. The molecule has 0 radical (unpaired) electrons. The van der Waals surface area contributed by atoms with Crippen molar-refractivity contribution in [2.45, 2.75) is 35.2 Å². The van der Waals surface area contributed by atoms with Crippen LogP contribution in [0.4, 0.5) is 0 Å². The fraction of sp³-hybridized carbons (Fsp3) is 0.240. The van der Waals surface area contributed by atoms with Crippen LogP contribution in [0.5, 0.6) is 0 Å². The maximum absolute atomic E-state index is 13.4. The van der Waals surface area contributed by atoms with E-state index < -0.39 is 9.84 Å². The van der Waals surface area contributed by atoms with E-state index in [9.17, 15) is 8.42 Å². The van der Waals surface area contributed by atoms with E-state index in [0.717, 1.165) is 25.0 Å². The second-order valence-corrected chi connectivity index (χ2v) is 10.1. The average molecular weight is 432 g/mol. The minimum absolute atomic E-state index is 0.218. The van der Waals surface area contributed by atoms with Crippen molar-refractivity contribution >= 4 is 20.7 Å². The Kier molecular flexibility index (Phi) is 5.12. The van der Waals surface area contributed by atoms with E-state index in [2.05, 4.69) is 45.6 Å². The van der Waals surface area contributed by atoms with Crippen LogP contribution < -0.4 is 0 Å². The average Bonchev–Trinajstić information content (AvgIpc) is 3.45. The van der Waals surface area contributed by atoms with Gasteiger partial charge in [0.2, 0.25) is 9.84 Å². The number of aromatic nitrogens is 2. The van der Waals surface area contributed by atoms with Crippen molar-refractivity contribution in [3.8, 4) is 0 Å². The van der Waals surface area contributed by atoms with Gasteiger partial charge in [0.1, 0.15) is 0 Å². The van der Waals surface area contributed by atoms with E-state index in [-0.39, 0.29) is 6.04 Å². The van der Waals surface area contributed by atoms with Gasteiger partial charge in [-0.2, -0.15) is 0 Å². The number of hydrogen-bond acceptors (Lipinski definition) is 4. The predicted molar refractivity (Wildman–Crippen MR) is 122 cm³/mol. The summed E-state index contributed by atoms with van der Waals surface area (Å²) in [5.74, 6) is 0. The van der Waals surface area contributed by atoms with Crippen LogP contribution in [0.25, 0.3) is 10.9 Å². The summed E-state index contributed by atoms with van der Waals surface area (Å²) in [5.41, 5.74) is 2.22. The Bertz CT molecular complexity index is 1300. The molecular formula is C25H25N3O2S. The highest BCUT2D eigenvalue weighted by Gasteiger charge is 2.31. The Labute approximate surface area is 182 Å². The molecular weight excluding hydrogens is 406 g/mol. The van der Waals surface area contributed by atoms with Crippen LogP contribution in [0, 0.1) is 0 Å². The van der Waals surface area contributed by atoms with Crippen LogP contribution >= 0.6 is 0 Å². The largest absolute Gasteiger partial charge is 0.342 e. The van der Waals surface area contributed by atoms with Crippen LogP contribution in [-0.2, 0) is 9.84 Å². The maximum Gasteiger partial charge on any atom is 0.208 e. The van der Waals surface area contributed by atoms with Crippen molar-refractivity contribution in [2.24, 2.45) is 0 Å². The summed E-state index contributed by atoms with van der Waals surface area (Å²) in [5, 5.41) is 0.681. The first-order valence-corrected chi connectivity index (χ1v) is 12.1. The van der Waals surface area contributed by atoms with E-state index in [1.165, 1.54) is 5.56 Å². The fourth-order valence-electron chi connectivity index (χ4n) is 4.60. The number of fused-ring (bicyclic) bond motifs is 1. The zero-order chi connectivity index (χ0) is 21.4. The predicted octanol–water partition coefficient (Wildman–Crippen LogP) is 4.88. The van der Waals surface area contributed by atoms with Crippen LogP contribution in [0.15, 0.2) is 95.1 Å². The third-order valence-electron chi connectivity index (χ3n) is 6.36. The summed E-state index contributed by atoms with van der Waals surface area (Å²) in [4.78, 5) is 7.32. The third-order valence-corrected chi connectivity index (χ3v) is 8.16. The first-order chi connectivity index (χ1) is 15.1. The molecule has 5 nitrogen and oxygen atoms in total. The number of nitrogens with zero attached hydrogens (tertiary/aromatic N) is 3. The molecule has 5 rings (SSSR count). The van der Waals surface area contributed by atoms with Crippen molar-refractivity contribution in [2.75, 3.05) is 13.1 Å². The molecule has 1 aliphatic heterocycles. The van der Waals surface area contributed by atoms with Crippen molar-refractivity contribution in [1.82, 2.24) is 14.5 Å². The first kappa shape index (κ1) is 20.0. The number of benzene rings is 2. The lowest BCUT2D eigenvalue weighted by atomic mass is 10.1. The Morgan fingerprint density at radius 3 is 2.45 bits per heavy atom. The van der Waals surface area contributed by atoms with Gasteiger partial charge in [-0.05, 0) is 37.1 Å². The number of likely N-dealkylation sites (tertiary alicyclic amines) is 1. The van der Waals surface area contributed by atoms with Gasteiger partial charge in [0.05, 0.1) is 15.3 Å². The Hall–Kier alpha value is -2.96. The SMILES string of the molecule is CC(c1ccccc1)N1CCC(n2cc(S(=O)(=O)c3ccccc3)c3cnccc32)C1. The molecule has 2 aromatic carbocycles. The molecule has 6 heteroatoms. The van der Waals surface area contributed by atoms with E-state index in [1.807, 2.05) is 24.4 Å². The van der Waals surface area contributed by atoms with Gasteiger partial charge in [0.15, 0.2) is 0 Å². The molecule has 0 saturated carbocycles. The number of rotatable bonds is 5. The van der Waals surface area contributed by atoms with Crippen molar-refractivity contribution in [1.29, 1.82) is 0 Å². The molecule has 0 N–H and O–H groups in total. The van der Waals surface area contributed by atoms with Gasteiger partial charge in [-0.15, -0.1) is 0 Å². The minimum atomic E-state index is -3.62. The molecule has 0 aliphatic carbocycles. The minimum Gasteiger partial charge on any atom is -0.342 e. The zero-order valence-corrected chi connectivity index (χ0v) is 18.2. The van der Waals surface area contributed by atoms with Gasteiger partial charge in [-0.3, -0.25) is 9.88 Å². The second kappa shape index (κ2) is 7.94. The molecule has 1 aliphatic rings. The normalized spacial score (nSPS) is 18.4. The highest BCUT2D eigenvalue weighted by molar-refractivity contribution is 7.91. The molecule has 2 aromatic heterocycles. The highest BCUT2D eigenvalue weighted by atomic mass is 32.2. The molecule has 0 amide bonds. The Balaban J connectivity index is 1.51. The number of sulfone groups is 1. The van der Waals surface area contributed by atoms with Crippen LogP contribution in [0.2, 0.25) is 0 Å². The van der Waals surface area contributed by atoms with E-state index >= 15 is 0 Å². The summed E-state index contributed by atoms with van der Waals surface area (Å²) < 4.78 is 28.9. The Morgan fingerprint density at radius 1 is 1.00 bits per heavy atom. The molecule has 158 valence electrons. The summed E-state index contributed by atoms with van der Waals surface area (Å²) in [7, 11) is -3.62. The number of hydrogen-bond donors (Lipinski definition) is 0. The third kappa shape index (κ3) is 3.56. The molecule has 0 bridgehead atoms. The standard InChI is InChI=1S/C25H25N3O2S/c1-19(20-8-4-2-5-9-20)27-15-13-21(17-27)28-18-25(23-16-26-14-12-24(23)28)31(29,30)22-10-6-3-7-11-22/h2-12,14,16,18-19,21H,13,15,17H2,1H3. The van der Waals surface area contributed by atoms with E-state index in [0.29, 0.717) is 21.2 Å². The van der Waals surface area contributed by atoms with Gasteiger partial charge < -0.3 is 4.57 Å². The lowest BCUT2D eigenvalue weighted by molar-refractivity contribution is 0.253. The molecule has 1 saturated heterocycles. The molecule has 31 heavy (non-hydrogen) atoms. The molecule has 3 heterocycles. The molecule has 2 unspecified atom stereocenters. The van der Waals surface area contributed by atoms with Gasteiger partial charge in [0, 0.05) is 49.1 Å². The topological polar surface area (TPSA) is 55.2 Å². The monoisotopic (exact) mass is 431 g/mol. The summed E-state index contributed by atoms with van der Waals surface area (Å²) in [6.45, 7) is 4.10. The molecule has 0 spiro atoms. The van der Waals surface area contributed by atoms with Crippen molar-refractivity contribution in [3.63, 3.8) is 0 Å². The van der Waals surface area contributed by atoms with Gasteiger partial charge >= 0.3 is 0 Å². The first-order valence-electron chi connectivity index (χ1n) is 10.6. The smallest absolute Gasteiger partial charge is 0.208 e. The maximum atomic E-state index is 13.4.